The largest absolute Gasteiger partial charge is 0.496 e. The van der Waals surface area contributed by atoms with Crippen molar-refractivity contribution in [1.82, 2.24) is 14.7 Å². The monoisotopic (exact) mass is 331 g/mol. The molecule has 0 atom stereocenters. The van der Waals surface area contributed by atoms with Gasteiger partial charge in [-0.15, -0.1) is 0 Å². The lowest BCUT2D eigenvalue weighted by Gasteiger charge is -2.27. The Morgan fingerprint density at radius 2 is 2.08 bits per heavy atom. The molecule has 0 amide bonds. The number of aromatic carboxylic acids is 1. The molecule has 3 rings (SSSR count). The highest BCUT2D eigenvalue weighted by atomic mass is 16.5. The number of methoxy groups -OCH3 is 1. The molecule has 1 aromatic heterocycles. The van der Waals surface area contributed by atoms with Crippen molar-refractivity contribution in [1.29, 1.82) is 0 Å². The summed E-state index contributed by atoms with van der Waals surface area (Å²) in [6.07, 6.45) is 0. The van der Waals surface area contributed by atoms with Gasteiger partial charge < -0.3 is 14.6 Å². The number of carbonyl (C=O) groups is 1. The second kappa shape index (κ2) is 7.02. The lowest BCUT2D eigenvalue weighted by atomic mass is 10.1. The Bertz CT molecular complexity index is 735. The van der Waals surface area contributed by atoms with Gasteiger partial charge in [0.05, 0.1) is 26.0 Å². The molecular weight excluding hydrogens is 310 g/mol. The van der Waals surface area contributed by atoms with Crippen LogP contribution in [0, 0.1) is 0 Å². The number of carboxylic acids is 1. The average molecular weight is 331 g/mol. The topological polar surface area (TPSA) is 76.8 Å². The molecule has 1 aromatic carbocycles. The van der Waals surface area contributed by atoms with Gasteiger partial charge in [0.2, 0.25) is 0 Å². The summed E-state index contributed by atoms with van der Waals surface area (Å²) in [5, 5.41) is 13.1. The van der Waals surface area contributed by atoms with Crippen molar-refractivity contribution in [3.05, 3.63) is 35.5 Å². The molecule has 0 unspecified atom stereocenters. The van der Waals surface area contributed by atoms with Gasteiger partial charge in [0, 0.05) is 37.8 Å². The van der Waals surface area contributed by atoms with Crippen LogP contribution >= 0.6 is 0 Å². The second-order valence-electron chi connectivity index (χ2n) is 5.76. The number of benzene rings is 1. The van der Waals surface area contributed by atoms with Crippen LogP contribution in [0.3, 0.4) is 0 Å². The molecule has 0 saturated carbocycles. The van der Waals surface area contributed by atoms with Gasteiger partial charge in [0.1, 0.15) is 5.75 Å². The number of hydrogen-bond acceptors (Lipinski definition) is 5. The van der Waals surface area contributed by atoms with Gasteiger partial charge in [-0.2, -0.15) is 5.10 Å². The number of carboxylic acid groups (broad SMARTS) is 1. The summed E-state index contributed by atoms with van der Waals surface area (Å²) in [7, 11) is 3.40. The van der Waals surface area contributed by atoms with Crippen LogP contribution in [0.2, 0.25) is 0 Å². The fourth-order valence-electron chi connectivity index (χ4n) is 2.90. The number of ether oxygens (including phenoxy) is 2. The highest BCUT2D eigenvalue weighted by Crippen LogP contribution is 2.28. The standard InChI is InChI=1S/C17H21N3O4/c1-19-15(10-14(18-19)17(21)22)12-3-4-16(23-2)13(9-12)11-20-5-7-24-8-6-20/h3-4,9-10H,5-8,11H2,1-2H3,(H,21,22). The van der Waals surface area contributed by atoms with E-state index in [2.05, 4.69) is 10.00 Å². The predicted octanol–water partition coefficient (Wildman–Crippen LogP) is 1.63. The number of nitrogens with zero attached hydrogens (tertiary/aromatic N) is 3. The van der Waals surface area contributed by atoms with Gasteiger partial charge in [-0.05, 0) is 24.3 Å². The predicted molar refractivity (Wildman–Crippen MR) is 88.3 cm³/mol. The normalized spacial score (nSPS) is 15.4. The van der Waals surface area contributed by atoms with Gasteiger partial charge in [-0.3, -0.25) is 9.58 Å². The molecule has 7 nitrogen and oxygen atoms in total. The smallest absolute Gasteiger partial charge is 0.356 e. The third-order valence-corrected chi connectivity index (χ3v) is 4.17. The quantitative estimate of drug-likeness (QED) is 0.897. The summed E-state index contributed by atoms with van der Waals surface area (Å²) in [5.74, 6) is -0.204. The molecule has 1 fully saturated rings. The van der Waals surface area contributed by atoms with Gasteiger partial charge in [-0.25, -0.2) is 4.79 Å². The number of aryl methyl sites for hydroxylation is 1. The fraction of sp³-hybridized carbons (Fsp3) is 0.412. The van der Waals surface area contributed by atoms with E-state index in [9.17, 15) is 4.79 Å². The van der Waals surface area contributed by atoms with E-state index in [0.717, 1.165) is 55.4 Å². The second-order valence-corrected chi connectivity index (χ2v) is 5.76. The maximum atomic E-state index is 11.1. The van der Waals surface area contributed by atoms with Crippen molar-refractivity contribution < 1.29 is 19.4 Å². The van der Waals surface area contributed by atoms with E-state index in [-0.39, 0.29) is 5.69 Å². The summed E-state index contributed by atoms with van der Waals surface area (Å²) >= 11 is 0. The van der Waals surface area contributed by atoms with Crippen molar-refractivity contribution in [2.75, 3.05) is 33.4 Å². The Hall–Kier alpha value is -2.38. The van der Waals surface area contributed by atoms with Crippen molar-refractivity contribution >= 4 is 5.97 Å². The highest BCUT2D eigenvalue weighted by molar-refractivity contribution is 5.87. The van der Waals surface area contributed by atoms with Gasteiger partial charge in [0.25, 0.3) is 0 Å². The zero-order valence-electron chi connectivity index (χ0n) is 13.9. The third kappa shape index (κ3) is 3.42. The van der Waals surface area contributed by atoms with Gasteiger partial charge >= 0.3 is 5.97 Å². The summed E-state index contributed by atoms with van der Waals surface area (Å²) in [6, 6.07) is 7.46. The van der Waals surface area contributed by atoms with Crippen LogP contribution in [0.15, 0.2) is 24.3 Å². The van der Waals surface area contributed by atoms with Crippen molar-refractivity contribution in [3.8, 4) is 17.0 Å². The van der Waals surface area contributed by atoms with Crippen LogP contribution in [0.1, 0.15) is 16.1 Å². The molecule has 1 aliphatic heterocycles. The molecule has 1 saturated heterocycles. The lowest BCUT2D eigenvalue weighted by molar-refractivity contribution is 0.0339. The van der Waals surface area contributed by atoms with Crippen LogP contribution in [0.5, 0.6) is 5.75 Å². The molecule has 1 aliphatic rings. The van der Waals surface area contributed by atoms with Crippen molar-refractivity contribution in [3.63, 3.8) is 0 Å². The average Bonchev–Trinajstić information content (AvgIpc) is 2.98. The molecule has 2 heterocycles. The van der Waals surface area contributed by atoms with E-state index >= 15 is 0 Å². The SMILES string of the molecule is COc1ccc(-c2cc(C(=O)O)nn2C)cc1CN1CCOCC1. The first-order valence-corrected chi connectivity index (χ1v) is 7.83. The summed E-state index contributed by atoms with van der Waals surface area (Å²) in [4.78, 5) is 13.4. The minimum atomic E-state index is -1.03. The molecular formula is C17H21N3O4. The molecule has 128 valence electrons. The molecule has 0 aliphatic carbocycles. The molecule has 24 heavy (non-hydrogen) atoms. The minimum absolute atomic E-state index is 0.0399. The summed E-state index contributed by atoms with van der Waals surface area (Å²) < 4.78 is 12.5. The molecule has 7 heteroatoms. The van der Waals surface area contributed by atoms with Crippen LogP contribution in [-0.4, -0.2) is 59.2 Å². The molecule has 0 spiro atoms. The number of aromatic nitrogens is 2. The number of rotatable bonds is 5. The van der Waals surface area contributed by atoms with Gasteiger partial charge in [0.15, 0.2) is 5.69 Å². The Labute approximate surface area is 140 Å². The Morgan fingerprint density at radius 3 is 2.71 bits per heavy atom. The third-order valence-electron chi connectivity index (χ3n) is 4.17. The van der Waals surface area contributed by atoms with E-state index < -0.39 is 5.97 Å². The van der Waals surface area contributed by atoms with E-state index in [4.69, 9.17) is 14.6 Å². The molecule has 0 radical (unpaired) electrons. The zero-order chi connectivity index (χ0) is 17.1. The fourth-order valence-corrected chi connectivity index (χ4v) is 2.90. The van der Waals surface area contributed by atoms with Gasteiger partial charge in [-0.1, -0.05) is 0 Å². The highest BCUT2D eigenvalue weighted by Gasteiger charge is 2.17. The van der Waals surface area contributed by atoms with Crippen LogP contribution in [0.4, 0.5) is 0 Å². The minimum Gasteiger partial charge on any atom is -0.496 e. The summed E-state index contributed by atoms with van der Waals surface area (Å²) in [6.45, 7) is 4.03. The van der Waals surface area contributed by atoms with E-state index in [0.29, 0.717) is 0 Å². The Balaban J connectivity index is 1.92. The van der Waals surface area contributed by atoms with Crippen LogP contribution in [-0.2, 0) is 18.3 Å². The summed E-state index contributed by atoms with van der Waals surface area (Å²) in [5.41, 5.74) is 2.79. The Kier molecular flexibility index (Phi) is 4.82. The number of hydrogen-bond donors (Lipinski definition) is 1. The molecule has 2 aromatic rings. The Morgan fingerprint density at radius 1 is 1.33 bits per heavy atom. The first kappa shape index (κ1) is 16.5. The van der Waals surface area contributed by atoms with E-state index in [1.807, 2.05) is 18.2 Å². The van der Waals surface area contributed by atoms with E-state index in [1.165, 1.54) is 0 Å². The maximum Gasteiger partial charge on any atom is 0.356 e. The first-order chi connectivity index (χ1) is 11.6. The van der Waals surface area contributed by atoms with Crippen molar-refractivity contribution in [2.24, 2.45) is 7.05 Å². The maximum absolute atomic E-state index is 11.1. The van der Waals surface area contributed by atoms with Crippen molar-refractivity contribution in [2.45, 2.75) is 6.54 Å². The lowest BCUT2D eigenvalue weighted by Crippen LogP contribution is -2.35. The zero-order valence-corrected chi connectivity index (χ0v) is 13.9. The van der Waals surface area contributed by atoms with E-state index in [1.54, 1.807) is 24.9 Å². The molecule has 1 N–H and O–H groups in total. The van der Waals surface area contributed by atoms with Crippen LogP contribution in [0.25, 0.3) is 11.3 Å². The number of morpholine rings is 1. The molecule has 0 bridgehead atoms. The first-order valence-electron chi connectivity index (χ1n) is 7.83. The van der Waals surface area contributed by atoms with Crippen LogP contribution < -0.4 is 4.74 Å².